The van der Waals surface area contributed by atoms with Gasteiger partial charge in [0.2, 0.25) is 5.91 Å². The number of esters is 3. The molecule has 11 nitrogen and oxygen atoms in total. The molecule has 0 bridgehead atoms. The molecule has 1 aromatic carbocycles. The van der Waals surface area contributed by atoms with Gasteiger partial charge in [0, 0.05) is 32.6 Å². The minimum absolute atomic E-state index is 0.0452. The maximum atomic E-state index is 14.1. The molecule has 0 saturated heterocycles. The third-order valence-corrected chi connectivity index (χ3v) is 8.46. The fourth-order valence-corrected chi connectivity index (χ4v) is 5.53. The first-order valence-corrected chi connectivity index (χ1v) is 18.9. The molecular formula is C42H63NO10. The van der Waals surface area contributed by atoms with Crippen LogP contribution in [0.2, 0.25) is 0 Å². The van der Waals surface area contributed by atoms with Gasteiger partial charge >= 0.3 is 17.9 Å². The van der Waals surface area contributed by atoms with Crippen molar-refractivity contribution >= 4 is 29.6 Å². The molecule has 0 unspecified atom stereocenters. The molecule has 0 aliphatic heterocycles. The molecule has 0 aliphatic carbocycles. The monoisotopic (exact) mass is 741 g/mol. The lowest BCUT2D eigenvalue weighted by Crippen LogP contribution is -2.56. The minimum Gasteiger partial charge on any atom is -0.481 e. The van der Waals surface area contributed by atoms with Gasteiger partial charge < -0.3 is 29.4 Å². The lowest BCUT2D eigenvalue weighted by Gasteiger charge is -2.34. The van der Waals surface area contributed by atoms with E-state index in [2.05, 4.69) is 24.1 Å². The van der Waals surface area contributed by atoms with E-state index in [9.17, 15) is 29.1 Å². The summed E-state index contributed by atoms with van der Waals surface area (Å²) in [5.41, 5.74) is -2.78. The average molecular weight is 742 g/mol. The number of carbonyl (C=O) groups excluding carboxylic acids is 5. The molecule has 296 valence electrons. The normalized spacial score (nSPS) is 13.5. The standard InChI is InChI=1S/C42H63NO10/c1-8-10-12-15-18-21-34(45)22-19-16-13-14-17-20-23-36(42(49,28-30-51-32(3)44)40(48)53-41(4,5)6)38(46)43-37(39(47)50-7)31-33-24-26-35(27-25-33)52-29-11-9-2/h20,23-27,36-37,49H,8,10,12-19,21-22,28-31H2,1-7H3,(H,43,46)/t36-,37+,42+/m1/s1. The van der Waals surface area contributed by atoms with Crippen LogP contribution in [-0.2, 0) is 44.6 Å². The van der Waals surface area contributed by atoms with Crippen LogP contribution in [0.5, 0.6) is 5.75 Å². The van der Waals surface area contributed by atoms with Gasteiger partial charge in [0.15, 0.2) is 5.60 Å². The molecule has 0 spiro atoms. The van der Waals surface area contributed by atoms with E-state index in [4.69, 9.17) is 18.9 Å². The number of hydrogen-bond donors (Lipinski definition) is 2. The number of ether oxygens (including phenoxy) is 4. The van der Waals surface area contributed by atoms with E-state index in [1.807, 2.05) is 0 Å². The van der Waals surface area contributed by atoms with E-state index >= 15 is 0 Å². The predicted octanol–water partition coefficient (Wildman–Crippen LogP) is 6.76. The maximum Gasteiger partial charge on any atom is 0.339 e. The van der Waals surface area contributed by atoms with Gasteiger partial charge in [0.1, 0.15) is 29.8 Å². The smallest absolute Gasteiger partial charge is 0.339 e. The highest BCUT2D eigenvalue weighted by Crippen LogP contribution is 2.29. The lowest BCUT2D eigenvalue weighted by molar-refractivity contribution is -0.186. The molecule has 0 aliphatic rings. The van der Waals surface area contributed by atoms with Crippen LogP contribution in [0, 0.1) is 17.8 Å². The van der Waals surface area contributed by atoms with E-state index < -0.39 is 53.4 Å². The van der Waals surface area contributed by atoms with Gasteiger partial charge in [-0.2, -0.15) is 0 Å². The Balaban J connectivity index is 3.16. The Morgan fingerprint density at radius 3 is 2.11 bits per heavy atom. The maximum absolute atomic E-state index is 14.1. The van der Waals surface area contributed by atoms with Gasteiger partial charge in [-0.15, -0.1) is 5.92 Å². The Morgan fingerprint density at radius 2 is 1.55 bits per heavy atom. The molecule has 1 rings (SSSR count). The summed E-state index contributed by atoms with van der Waals surface area (Å²) in [4.78, 5) is 64.4. The van der Waals surface area contributed by atoms with Crippen LogP contribution in [-0.4, -0.2) is 72.3 Å². The summed E-state index contributed by atoms with van der Waals surface area (Å²) in [7, 11) is 1.20. The van der Waals surface area contributed by atoms with Crippen molar-refractivity contribution in [1.82, 2.24) is 5.32 Å². The summed E-state index contributed by atoms with van der Waals surface area (Å²) in [6, 6.07) is 5.76. The number of nitrogens with one attached hydrogen (secondary N) is 1. The van der Waals surface area contributed by atoms with Crippen LogP contribution < -0.4 is 10.1 Å². The van der Waals surface area contributed by atoms with E-state index in [1.54, 1.807) is 58.0 Å². The zero-order valence-corrected chi connectivity index (χ0v) is 33.1. The Hall–Kier alpha value is -4.17. The zero-order chi connectivity index (χ0) is 39.7. The molecule has 0 heterocycles. The van der Waals surface area contributed by atoms with Crippen molar-refractivity contribution in [3.05, 3.63) is 42.0 Å². The molecule has 11 heteroatoms. The minimum atomic E-state index is -2.46. The van der Waals surface area contributed by atoms with Gasteiger partial charge in [0.25, 0.3) is 0 Å². The molecule has 0 radical (unpaired) electrons. The zero-order valence-electron chi connectivity index (χ0n) is 33.1. The number of aliphatic hydroxyl groups is 1. The van der Waals surface area contributed by atoms with Crippen LogP contribution in [0.25, 0.3) is 0 Å². The second-order valence-electron chi connectivity index (χ2n) is 14.2. The topological polar surface area (TPSA) is 155 Å². The van der Waals surface area contributed by atoms with Gasteiger partial charge in [-0.3, -0.25) is 14.4 Å². The molecular weight excluding hydrogens is 678 g/mol. The second kappa shape index (κ2) is 25.7. The number of Topliss-reactive ketones (excluding diaryl/α,β-unsaturated/α-hetero) is 1. The fourth-order valence-electron chi connectivity index (χ4n) is 5.53. The van der Waals surface area contributed by atoms with Crippen molar-refractivity contribution in [3.8, 4) is 17.6 Å². The first-order chi connectivity index (χ1) is 25.2. The number of unbranched alkanes of at least 4 members (excludes halogenated alkanes) is 8. The summed E-state index contributed by atoms with van der Waals surface area (Å²) in [5, 5.41) is 14.7. The third-order valence-electron chi connectivity index (χ3n) is 8.46. The molecule has 1 amide bonds. The molecule has 53 heavy (non-hydrogen) atoms. The summed E-state index contributed by atoms with van der Waals surface area (Å²) in [6.07, 6.45) is 13.4. The third kappa shape index (κ3) is 20.0. The van der Waals surface area contributed by atoms with Crippen LogP contribution in [0.15, 0.2) is 36.4 Å². The molecule has 0 fully saturated rings. The van der Waals surface area contributed by atoms with E-state index in [-0.39, 0.29) is 19.6 Å². The number of benzene rings is 1. The Morgan fingerprint density at radius 1 is 0.925 bits per heavy atom. The highest BCUT2D eigenvalue weighted by molar-refractivity contribution is 5.93. The van der Waals surface area contributed by atoms with Crippen molar-refractivity contribution in [2.75, 3.05) is 20.3 Å². The largest absolute Gasteiger partial charge is 0.481 e. The van der Waals surface area contributed by atoms with Crippen molar-refractivity contribution in [3.63, 3.8) is 0 Å². The number of methoxy groups -OCH3 is 1. The van der Waals surface area contributed by atoms with Crippen LogP contribution in [0.4, 0.5) is 0 Å². The fraction of sp³-hybridized carbons (Fsp3) is 0.643. The number of rotatable bonds is 26. The first kappa shape index (κ1) is 46.9. The quantitative estimate of drug-likeness (QED) is 0.0342. The SMILES string of the molecule is CC#CCOc1ccc(C[C@H](NC(=O)[C@@H](C=CCCCCCCC(=O)CCCCCCC)[C@@](O)(CCOC(C)=O)C(=O)OC(C)(C)C)C(=O)OC)cc1. The highest BCUT2D eigenvalue weighted by atomic mass is 16.6. The summed E-state index contributed by atoms with van der Waals surface area (Å²) < 4.78 is 21.2. The highest BCUT2D eigenvalue weighted by Gasteiger charge is 2.49. The van der Waals surface area contributed by atoms with E-state index in [0.717, 1.165) is 38.5 Å². The van der Waals surface area contributed by atoms with E-state index in [0.29, 0.717) is 36.4 Å². The van der Waals surface area contributed by atoms with Crippen molar-refractivity contribution < 1.29 is 48.0 Å². The predicted molar refractivity (Wildman–Crippen MR) is 204 cm³/mol. The van der Waals surface area contributed by atoms with Gasteiger partial charge in [0.05, 0.1) is 19.6 Å². The van der Waals surface area contributed by atoms with Crippen LogP contribution in [0.1, 0.15) is 131 Å². The lowest BCUT2D eigenvalue weighted by atomic mass is 9.82. The number of amides is 1. The number of allylic oxidation sites excluding steroid dienone is 1. The van der Waals surface area contributed by atoms with Crippen molar-refractivity contribution in [1.29, 1.82) is 0 Å². The average Bonchev–Trinajstić information content (AvgIpc) is 3.10. The Kier molecular flexibility index (Phi) is 22.8. The van der Waals surface area contributed by atoms with Crippen molar-refractivity contribution in [2.45, 2.75) is 149 Å². The summed E-state index contributed by atoms with van der Waals surface area (Å²) >= 11 is 0. The molecule has 1 aromatic rings. The Labute approximate surface area is 316 Å². The molecule has 0 saturated carbocycles. The van der Waals surface area contributed by atoms with Gasteiger partial charge in [-0.1, -0.05) is 75.7 Å². The van der Waals surface area contributed by atoms with Gasteiger partial charge in [-0.25, -0.2) is 9.59 Å². The summed E-state index contributed by atoms with van der Waals surface area (Å²) in [6.45, 7) is 9.83. The molecule has 2 N–H and O–H groups in total. The first-order valence-electron chi connectivity index (χ1n) is 18.9. The number of ketones is 1. The molecule has 3 atom stereocenters. The van der Waals surface area contributed by atoms with Crippen LogP contribution >= 0.6 is 0 Å². The number of hydrogen-bond acceptors (Lipinski definition) is 10. The van der Waals surface area contributed by atoms with Gasteiger partial charge in [-0.05, 0) is 71.1 Å². The summed E-state index contributed by atoms with van der Waals surface area (Å²) in [5.74, 6) is 1.69. The van der Waals surface area contributed by atoms with Crippen LogP contribution in [0.3, 0.4) is 0 Å². The van der Waals surface area contributed by atoms with Crippen molar-refractivity contribution in [2.24, 2.45) is 5.92 Å². The molecule has 0 aromatic heterocycles. The van der Waals surface area contributed by atoms with E-state index in [1.165, 1.54) is 39.4 Å². The number of carbonyl (C=O) groups is 5. The second-order valence-corrected chi connectivity index (χ2v) is 14.2. The Bertz CT molecular complexity index is 1370.